The summed E-state index contributed by atoms with van der Waals surface area (Å²) in [5.41, 5.74) is 5.75. The molecule has 2 heterocycles. The van der Waals surface area contributed by atoms with Gasteiger partial charge in [-0.1, -0.05) is 18.6 Å². The van der Waals surface area contributed by atoms with Crippen molar-refractivity contribution in [2.75, 3.05) is 0 Å². The van der Waals surface area contributed by atoms with Gasteiger partial charge in [0, 0.05) is 22.2 Å². The second-order valence-electron chi connectivity index (χ2n) is 7.63. The summed E-state index contributed by atoms with van der Waals surface area (Å²) in [5.74, 6) is 1.01. The fourth-order valence-electron chi connectivity index (χ4n) is 4.37. The highest BCUT2D eigenvalue weighted by Gasteiger charge is 2.42. The quantitative estimate of drug-likeness (QED) is 0.690. The smallest absolute Gasteiger partial charge is 0.216 e. The van der Waals surface area contributed by atoms with Gasteiger partial charge in [0.1, 0.15) is 18.4 Å². The number of benzene rings is 1. The number of aryl methyl sites for hydroxylation is 4. The van der Waals surface area contributed by atoms with Crippen LogP contribution in [0.25, 0.3) is 11.3 Å². The molecule has 0 amide bonds. The van der Waals surface area contributed by atoms with Gasteiger partial charge in [-0.15, -0.1) is 0 Å². The van der Waals surface area contributed by atoms with Crippen molar-refractivity contribution in [3.05, 3.63) is 46.6 Å². The maximum Gasteiger partial charge on any atom is 0.216 e. The summed E-state index contributed by atoms with van der Waals surface area (Å²) < 4.78 is 31.9. The molecule has 2 aromatic rings. The number of pyridine rings is 1. The SMILES string of the molecule is [2H]C([2H])([2H])c1c[n+](C)c(-c2c(C)ccc3c2OC2(CCCCC2)C3)cc1C. The number of aromatic nitrogens is 1. The lowest BCUT2D eigenvalue weighted by Gasteiger charge is -2.32. The second kappa shape index (κ2) is 5.61. The summed E-state index contributed by atoms with van der Waals surface area (Å²) in [6.45, 7) is 1.89. The van der Waals surface area contributed by atoms with Crippen LogP contribution < -0.4 is 9.30 Å². The Morgan fingerprint density at radius 3 is 2.62 bits per heavy atom. The van der Waals surface area contributed by atoms with E-state index in [0.717, 1.165) is 41.8 Å². The summed E-state index contributed by atoms with van der Waals surface area (Å²) in [5, 5.41) is 0. The van der Waals surface area contributed by atoms with Crippen LogP contribution in [0.5, 0.6) is 5.75 Å². The third-order valence-electron chi connectivity index (χ3n) is 5.78. The first-order valence-corrected chi connectivity index (χ1v) is 9.03. The van der Waals surface area contributed by atoms with E-state index in [9.17, 15) is 0 Å². The van der Waals surface area contributed by atoms with Crippen LogP contribution in [0.15, 0.2) is 24.4 Å². The standard InChI is InChI=1S/C22H28NO/c1-15-8-9-18-13-22(10-6-5-7-11-22)24-21(18)20(15)19-12-16(2)17(3)14-23(19)4/h8-9,12,14H,5-7,10-11,13H2,1-4H3/q+1/i3D3. The van der Waals surface area contributed by atoms with E-state index >= 15 is 0 Å². The van der Waals surface area contributed by atoms with Crippen LogP contribution in [-0.4, -0.2) is 5.60 Å². The molecule has 1 saturated carbocycles. The molecule has 0 N–H and O–H groups in total. The van der Waals surface area contributed by atoms with Crippen molar-refractivity contribution in [3.8, 4) is 17.0 Å². The van der Waals surface area contributed by atoms with Gasteiger partial charge >= 0.3 is 0 Å². The lowest BCUT2D eigenvalue weighted by Crippen LogP contribution is -2.36. The summed E-state index contributed by atoms with van der Waals surface area (Å²) in [4.78, 5) is 0. The molecule has 1 aliphatic carbocycles. The normalized spacial score (nSPS) is 20.9. The van der Waals surface area contributed by atoms with E-state index in [-0.39, 0.29) is 5.60 Å². The fourth-order valence-corrected chi connectivity index (χ4v) is 4.37. The van der Waals surface area contributed by atoms with Crippen LogP contribution in [0, 0.1) is 20.7 Å². The Labute approximate surface area is 149 Å². The molecule has 1 aromatic carbocycles. The largest absolute Gasteiger partial charge is 0.486 e. The molecule has 2 heteroatoms. The summed E-state index contributed by atoms with van der Waals surface area (Å²) >= 11 is 0. The predicted molar refractivity (Wildman–Crippen MR) is 97.4 cm³/mol. The highest BCUT2D eigenvalue weighted by molar-refractivity contribution is 5.73. The summed E-state index contributed by atoms with van der Waals surface area (Å²) in [6.07, 6.45) is 8.78. The van der Waals surface area contributed by atoms with Gasteiger partial charge in [0.05, 0.1) is 5.56 Å². The number of fused-ring (bicyclic) bond motifs is 1. The van der Waals surface area contributed by atoms with E-state index in [2.05, 4.69) is 19.1 Å². The average molecular weight is 325 g/mol. The molecule has 1 aromatic heterocycles. The molecule has 1 fully saturated rings. The Bertz CT molecular complexity index is 895. The van der Waals surface area contributed by atoms with Crippen LogP contribution in [0.3, 0.4) is 0 Å². The molecule has 2 aliphatic rings. The van der Waals surface area contributed by atoms with E-state index in [1.807, 2.05) is 24.6 Å². The van der Waals surface area contributed by atoms with Crippen molar-refractivity contribution < 1.29 is 13.4 Å². The van der Waals surface area contributed by atoms with E-state index in [1.165, 1.54) is 30.4 Å². The lowest BCUT2D eigenvalue weighted by molar-refractivity contribution is -0.660. The number of hydrogen-bond acceptors (Lipinski definition) is 1. The highest BCUT2D eigenvalue weighted by atomic mass is 16.5. The van der Waals surface area contributed by atoms with Crippen LogP contribution in [0.4, 0.5) is 0 Å². The first-order valence-electron chi connectivity index (χ1n) is 10.5. The Balaban J connectivity index is 1.83. The number of hydrogen-bond donors (Lipinski definition) is 0. The van der Waals surface area contributed by atoms with E-state index < -0.39 is 6.85 Å². The number of ether oxygens (including phenoxy) is 1. The summed E-state index contributed by atoms with van der Waals surface area (Å²) in [6, 6.07) is 6.38. The molecule has 0 bridgehead atoms. The minimum atomic E-state index is -2.10. The molecular weight excluding hydrogens is 294 g/mol. The zero-order chi connectivity index (χ0) is 19.4. The minimum absolute atomic E-state index is 0.0324. The van der Waals surface area contributed by atoms with Crippen molar-refractivity contribution in [1.29, 1.82) is 0 Å². The molecule has 0 atom stereocenters. The lowest BCUT2D eigenvalue weighted by atomic mass is 9.82. The minimum Gasteiger partial charge on any atom is -0.486 e. The van der Waals surface area contributed by atoms with Gasteiger partial charge < -0.3 is 4.74 Å². The van der Waals surface area contributed by atoms with Crippen LogP contribution >= 0.6 is 0 Å². The van der Waals surface area contributed by atoms with Gasteiger partial charge in [0.15, 0.2) is 6.20 Å². The predicted octanol–water partition coefficient (Wildman–Crippen LogP) is 4.74. The third kappa shape index (κ3) is 2.44. The van der Waals surface area contributed by atoms with Crippen molar-refractivity contribution in [2.24, 2.45) is 7.05 Å². The fraction of sp³-hybridized carbons (Fsp3) is 0.500. The zero-order valence-electron chi connectivity index (χ0n) is 17.9. The van der Waals surface area contributed by atoms with E-state index in [4.69, 9.17) is 8.85 Å². The zero-order valence-corrected chi connectivity index (χ0v) is 14.9. The Morgan fingerprint density at radius 2 is 1.88 bits per heavy atom. The number of rotatable bonds is 1. The molecule has 1 aliphatic heterocycles. The first kappa shape index (κ1) is 12.5. The van der Waals surface area contributed by atoms with Crippen molar-refractivity contribution in [1.82, 2.24) is 0 Å². The molecule has 24 heavy (non-hydrogen) atoms. The van der Waals surface area contributed by atoms with Crippen molar-refractivity contribution in [2.45, 2.75) is 64.8 Å². The maximum absolute atomic E-state index is 7.78. The Morgan fingerprint density at radius 1 is 1.08 bits per heavy atom. The Hall–Kier alpha value is -1.83. The Kier molecular flexibility index (Phi) is 2.93. The summed E-state index contributed by atoms with van der Waals surface area (Å²) in [7, 11) is 1.92. The first-order chi connectivity index (χ1) is 12.7. The van der Waals surface area contributed by atoms with E-state index in [0.29, 0.717) is 5.56 Å². The van der Waals surface area contributed by atoms with Crippen LogP contribution in [0.1, 0.15) is 58.5 Å². The monoisotopic (exact) mass is 325 g/mol. The van der Waals surface area contributed by atoms with Crippen molar-refractivity contribution >= 4 is 0 Å². The van der Waals surface area contributed by atoms with Gasteiger partial charge in [0.25, 0.3) is 0 Å². The third-order valence-corrected chi connectivity index (χ3v) is 5.78. The van der Waals surface area contributed by atoms with Crippen molar-refractivity contribution in [3.63, 3.8) is 0 Å². The molecule has 2 nitrogen and oxygen atoms in total. The number of nitrogens with zero attached hydrogens (tertiary/aromatic N) is 1. The van der Waals surface area contributed by atoms with E-state index in [1.54, 1.807) is 6.20 Å². The molecule has 4 rings (SSSR count). The van der Waals surface area contributed by atoms with Crippen LogP contribution in [-0.2, 0) is 13.5 Å². The van der Waals surface area contributed by atoms with Gasteiger partial charge in [-0.2, -0.15) is 0 Å². The molecule has 0 radical (unpaired) electrons. The topological polar surface area (TPSA) is 13.1 Å². The van der Waals surface area contributed by atoms with Gasteiger partial charge in [0.2, 0.25) is 5.69 Å². The van der Waals surface area contributed by atoms with Gasteiger partial charge in [-0.05, 0) is 63.1 Å². The van der Waals surface area contributed by atoms with Gasteiger partial charge in [-0.3, -0.25) is 0 Å². The van der Waals surface area contributed by atoms with Gasteiger partial charge in [-0.25, -0.2) is 4.57 Å². The molecule has 0 unspecified atom stereocenters. The molecule has 126 valence electrons. The molecule has 1 spiro atoms. The van der Waals surface area contributed by atoms with Crippen LogP contribution in [0.2, 0.25) is 0 Å². The highest BCUT2D eigenvalue weighted by Crippen LogP contribution is 2.48. The molecular formula is C22H28NO+. The molecule has 0 saturated heterocycles. The maximum atomic E-state index is 7.78. The average Bonchev–Trinajstić information content (AvgIpc) is 2.94. The second-order valence-corrected chi connectivity index (χ2v) is 7.63.